The van der Waals surface area contributed by atoms with Gasteiger partial charge in [0, 0.05) is 18.7 Å². The van der Waals surface area contributed by atoms with Crippen molar-refractivity contribution in [1.29, 1.82) is 0 Å². The number of amides is 1. The molecule has 2 aromatic carbocycles. The van der Waals surface area contributed by atoms with Crippen LogP contribution < -0.4 is 9.47 Å². The molecule has 0 unspecified atom stereocenters. The van der Waals surface area contributed by atoms with E-state index in [1.807, 2.05) is 19.1 Å². The number of hydrogen-bond donors (Lipinski definition) is 0. The Labute approximate surface area is 142 Å². The van der Waals surface area contributed by atoms with Crippen molar-refractivity contribution in [3.8, 4) is 11.5 Å². The van der Waals surface area contributed by atoms with Crippen molar-refractivity contribution >= 4 is 5.91 Å². The molecule has 1 amide bonds. The lowest BCUT2D eigenvalue weighted by Gasteiger charge is -2.16. The van der Waals surface area contributed by atoms with Gasteiger partial charge in [-0.3, -0.25) is 4.79 Å². The van der Waals surface area contributed by atoms with Gasteiger partial charge in [-0.2, -0.15) is 0 Å². The lowest BCUT2D eigenvalue weighted by atomic mass is 10.0. The summed E-state index contributed by atoms with van der Waals surface area (Å²) in [5, 5.41) is 0. The number of benzene rings is 2. The van der Waals surface area contributed by atoms with Gasteiger partial charge in [0.2, 0.25) is 0 Å². The van der Waals surface area contributed by atoms with E-state index in [1.165, 1.54) is 24.3 Å². The van der Waals surface area contributed by atoms with Crippen molar-refractivity contribution < 1.29 is 27.4 Å². The molecule has 0 radical (unpaired) electrons. The van der Waals surface area contributed by atoms with Crippen LogP contribution in [0.25, 0.3) is 0 Å². The minimum atomic E-state index is -4.72. The first-order valence-electron chi connectivity index (χ1n) is 7.58. The third-order valence-corrected chi connectivity index (χ3v) is 4.02. The van der Waals surface area contributed by atoms with Crippen LogP contribution in [-0.4, -0.2) is 24.3 Å². The first-order chi connectivity index (χ1) is 11.8. The molecule has 1 aliphatic rings. The number of carbonyl (C=O) groups excluding carboxylic acids is 1. The second-order valence-corrected chi connectivity index (χ2v) is 5.83. The highest BCUT2D eigenvalue weighted by atomic mass is 19.4. The van der Waals surface area contributed by atoms with Crippen LogP contribution in [0, 0.1) is 6.92 Å². The molecule has 3 rings (SSSR count). The number of fused-ring (bicyclic) bond motifs is 1. The minimum absolute atomic E-state index is 0.0919. The topological polar surface area (TPSA) is 38.8 Å². The van der Waals surface area contributed by atoms with Crippen LogP contribution in [0.2, 0.25) is 0 Å². The van der Waals surface area contributed by atoms with Gasteiger partial charge in [0.25, 0.3) is 5.91 Å². The molecule has 0 N–H and O–H groups in total. The van der Waals surface area contributed by atoms with Gasteiger partial charge in [-0.25, -0.2) is 0 Å². The van der Waals surface area contributed by atoms with Crippen molar-refractivity contribution in [2.75, 3.05) is 7.11 Å². The van der Waals surface area contributed by atoms with Crippen molar-refractivity contribution in [2.45, 2.75) is 26.4 Å². The highest BCUT2D eigenvalue weighted by molar-refractivity contribution is 5.99. The van der Waals surface area contributed by atoms with E-state index in [1.54, 1.807) is 12.0 Å². The minimum Gasteiger partial charge on any atom is -0.497 e. The zero-order valence-corrected chi connectivity index (χ0v) is 13.7. The molecule has 25 heavy (non-hydrogen) atoms. The Hall–Kier alpha value is -2.70. The summed E-state index contributed by atoms with van der Waals surface area (Å²) < 4.78 is 45.6. The van der Waals surface area contributed by atoms with E-state index in [-0.39, 0.29) is 11.7 Å². The lowest BCUT2D eigenvalue weighted by Crippen LogP contribution is -2.23. The molecule has 0 aliphatic carbocycles. The number of alkyl halides is 3. The maximum Gasteiger partial charge on any atom is 0.573 e. The van der Waals surface area contributed by atoms with E-state index in [4.69, 9.17) is 4.74 Å². The first kappa shape index (κ1) is 17.1. The molecule has 0 bridgehead atoms. The predicted octanol–water partition coefficient (Wildman–Crippen LogP) is 4.06. The third-order valence-electron chi connectivity index (χ3n) is 4.02. The SMILES string of the molecule is COc1cc(C)c2c(c1)CN(Cc1ccc(OC(F)(F)F)cc1)C2=O. The Morgan fingerprint density at radius 1 is 1.12 bits per heavy atom. The quantitative estimate of drug-likeness (QED) is 0.834. The van der Waals surface area contributed by atoms with Gasteiger partial charge >= 0.3 is 6.36 Å². The fraction of sp³-hybridized carbons (Fsp3) is 0.278. The van der Waals surface area contributed by atoms with Gasteiger partial charge in [-0.15, -0.1) is 13.2 Å². The van der Waals surface area contributed by atoms with E-state index >= 15 is 0 Å². The molecular formula is C18H16F3NO3. The summed E-state index contributed by atoms with van der Waals surface area (Å²) in [6, 6.07) is 9.16. The summed E-state index contributed by atoms with van der Waals surface area (Å²) in [5.74, 6) is 0.318. The van der Waals surface area contributed by atoms with Gasteiger partial charge in [0.1, 0.15) is 11.5 Å². The highest BCUT2D eigenvalue weighted by Crippen LogP contribution is 2.31. The van der Waals surface area contributed by atoms with Crippen molar-refractivity contribution in [2.24, 2.45) is 0 Å². The summed E-state index contributed by atoms with van der Waals surface area (Å²) in [6.07, 6.45) is -4.72. The van der Waals surface area contributed by atoms with E-state index in [0.29, 0.717) is 24.4 Å². The molecule has 0 fully saturated rings. The van der Waals surface area contributed by atoms with Gasteiger partial charge in [0.15, 0.2) is 0 Å². The van der Waals surface area contributed by atoms with Gasteiger partial charge in [-0.05, 0) is 47.9 Å². The number of halogens is 3. The fourth-order valence-corrected chi connectivity index (χ4v) is 2.95. The zero-order chi connectivity index (χ0) is 18.2. The summed E-state index contributed by atoms with van der Waals surface area (Å²) in [6.45, 7) is 2.60. The smallest absolute Gasteiger partial charge is 0.497 e. The van der Waals surface area contributed by atoms with Crippen molar-refractivity contribution in [3.05, 3.63) is 58.7 Å². The zero-order valence-electron chi connectivity index (χ0n) is 13.7. The molecule has 0 atom stereocenters. The van der Waals surface area contributed by atoms with Crippen molar-refractivity contribution in [1.82, 2.24) is 4.90 Å². The molecule has 1 aliphatic heterocycles. The van der Waals surface area contributed by atoms with Gasteiger partial charge in [-0.1, -0.05) is 12.1 Å². The summed E-state index contributed by atoms with van der Waals surface area (Å²) in [4.78, 5) is 14.2. The van der Waals surface area contributed by atoms with Crippen LogP contribution in [0.1, 0.15) is 27.0 Å². The van der Waals surface area contributed by atoms with Crippen molar-refractivity contribution in [3.63, 3.8) is 0 Å². The number of methoxy groups -OCH3 is 1. The normalized spacial score (nSPS) is 13.8. The predicted molar refractivity (Wildman–Crippen MR) is 84.4 cm³/mol. The lowest BCUT2D eigenvalue weighted by molar-refractivity contribution is -0.274. The Bertz CT molecular complexity index is 800. The second kappa shape index (κ2) is 6.31. The van der Waals surface area contributed by atoms with Gasteiger partial charge in [0.05, 0.1) is 7.11 Å². The van der Waals surface area contributed by atoms with E-state index in [2.05, 4.69) is 4.74 Å². The van der Waals surface area contributed by atoms with Crippen LogP contribution in [0.5, 0.6) is 11.5 Å². The fourth-order valence-electron chi connectivity index (χ4n) is 2.95. The van der Waals surface area contributed by atoms with E-state index in [9.17, 15) is 18.0 Å². The average molecular weight is 351 g/mol. The molecule has 7 heteroatoms. The molecule has 1 heterocycles. The van der Waals surface area contributed by atoms with Crippen LogP contribution in [0.3, 0.4) is 0 Å². The van der Waals surface area contributed by atoms with E-state index < -0.39 is 6.36 Å². The Kier molecular flexibility index (Phi) is 4.32. The number of rotatable bonds is 4. The van der Waals surface area contributed by atoms with Crippen LogP contribution in [0.15, 0.2) is 36.4 Å². The summed E-state index contributed by atoms with van der Waals surface area (Å²) in [5.41, 5.74) is 3.12. The molecule has 0 spiro atoms. The van der Waals surface area contributed by atoms with E-state index in [0.717, 1.165) is 16.7 Å². The van der Waals surface area contributed by atoms with Crippen LogP contribution in [-0.2, 0) is 13.1 Å². The molecule has 0 aromatic heterocycles. The summed E-state index contributed by atoms with van der Waals surface area (Å²) in [7, 11) is 1.57. The average Bonchev–Trinajstić information content (AvgIpc) is 2.84. The molecule has 4 nitrogen and oxygen atoms in total. The highest BCUT2D eigenvalue weighted by Gasteiger charge is 2.31. The van der Waals surface area contributed by atoms with Crippen LogP contribution >= 0.6 is 0 Å². The molecular weight excluding hydrogens is 335 g/mol. The standard InChI is InChI=1S/C18H16F3NO3/c1-11-7-15(24-2)8-13-10-22(17(23)16(11)13)9-12-3-5-14(6-4-12)25-18(19,20)21/h3-8H,9-10H2,1-2H3. The Morgan fingerprint density at radius 2 is 1.80 bits per heavy atom. The molecule has 0 saturated heterocycles. The number of carbonyl (C=O) groups is 1. The molecule has 2 aromatic rings. The number of nitrogens with zero attached hydrogens (tertiary/aromatic N) is 1. The Balaban J connectivity index is 1.74. The maximum absolute atomic E-state index is 12.6. The molecule has 132 valence electrons. The Morgan fingerprint density at radius 3 is 2.40 bits per heavy atom. The van der Waals surface area contributed by atoms with Gasteiger partial charge < -0.3 is 14.4 Å². The maximum atomic E-state index is 12.6. The number of hydrogen-bond acceptors (Lipinski definition) is 3. The molecule has 0 saturated carbocycles. The third kappa shape index (κ3) is 3.70. The number of ether oxygens (including phenoxy) is 2. The second-order valence-electron chi connectivity index (χ2n) is 5.83. The number of aryl methyl sites for hydroxylation is 1. The summed E-state index contributed by atoms with van der Waals surface area (Å²) >= 11 is 0. The largest absolute Gasteiger partial charge is 0.573 e. The monoisotopic (exact) mass is 351 g/mol. The first-order valence-corrected chi connectivity index (χ1v) is 7.58. The van der Waals surface area contributed by atoms with Crippen LogP contribution in [0.4, 0.5) is 13.2 Å².